The van der Waals surface area contributed by atoms with E-state index >= 15 is 0 Å². The third-order valence-electron chi connectivity index (χ3n) is 5.99. The molecule has 3 unspecified atom stereocenters. The van der Waals surface area contributed by atoms with Crippen LogP contribution in [0.15, 0.2) is 65.2 Å². The Morgan fingerprint density at radius 1 is 1.16 bits per heavy atom. The lowest BCUT2D eigenvalue weighted by molar-refractivity contribution is 0.0818. The Morgan fingerprint density at radius 2 is 2.03 bits per heavy atom. The SMILES string of the molecule is CCOc1ccc(-c2ccc(C3C(c4ccccn4)NC(=S)N3CC3CCCO3)o2)cc1. The molecular weight excluding hydrogens is 422 g/mol. The van der Waals surface area contributed by atoms with Crippen LogP contribution in [-0.4, -0.2) is 40.9 Å². The van der Waals surface area contributed by atoms with Crippen LogP contribution in [0.4, 0.5) is 0 Å². The molecule has 5 rings (SSSR count). The van der Waals surface area contributed by atoms with Crippen molar-refractivity contribution in [2.24, 2.45) is 0 Å². The van der Waals surface area contributed by atoms with Crippen LogP contribution >= 0.6 is 12.2 Å². The lowest BCUT2D eigenvalue weighted by atomic mass is 10.0. The number of benzene rings is 1. The molecule has 0 amide bonds. The molecule has 2 aliphatic heterocycles. The van der Waals surface area contributed by atoms with Crippen LogP contribution in [0, 0.1) is 0 Å². The maximum atomic E-state index is 6.40. The summed E-state index contributed by atoms with van der Waals surface area (Å²) in [6.07, 6.45) is 4.14. The summed E-state index contributed by atoms with van der Waals surface area (Å²) in [7, 11) is 0. The first-order valence-electron chi connectivity index (χ1n) is 11.2. The molecule has 0 saturated carbocycles. The predicted molar refractivity (Wildman–Crippen MR) is 126 cm³/mol. The largest absolute Gasteiger partial charge is 0.494 e. The quantitative estimate of drug-likeness (QED) is 0.515. The number of rotatable bonds is 7. The Morgan fingerprint density at radius 3 is 2.75 bits per heavy atom. The Labute approximate surface area is 193 Å². The molecule has 3 aromatic rings. The number of aromatic nitrogens is 1. The van der Waals surface area contributed by atoms with Gasteiger partial charge in [-0.25, -0.2) is 0 Å². The van der Waals surface area contributed by atoms with Crippen molar-refractivity contribution < 1.29 is 13.9 Å². The Balaban J connectivity index is 1.46. The van der Waals surface area contributed by atoms with Crippen molar-refractivity contribution in [2.75, 3.05) is 19.8 Å². The van der Waals surface area contributed by atoms with Gasteiger partial charge in [0.15, 0.2) is 5.11 Å². The molecule has 2 aromatic heterocycles. The molecule has 0 radical (unpaired) electrons. The van der Waals surface area contributed by atoms with Gasteiger partial charge < -0.3 is 24.1 Å². The first-order valence-corrected chi connectivity index (χ1v) is 11.6. The number of ether oxygens (including phenoxy) is 2. The van der Waals surface area contributed by atoms with Crippen molar-refractivity contribution in [1.29, 1.82) is 0 Å². The van der Waals surface area contributed by atoms with Crippen molar-refractivity contribution >= 4 is 17.3 Å². The number of nitrogens with zero attached hydrogens (tertiary/aromatic N) is 2. The Kier molecular flexibility index (Phi) is 6.10. The molecule has 7 heteroatoms. The zero-order chi connectivity index (χ0) is 21.9. The van der Waals surface area contributed by atoms with Crippen LogP contribution in [0.25, 0.3) is 11.3 Å². The second-order valence-corrected chi connectivity index (χ2v) is 8.46. The number of hydrogen-bond acceptors (Lipinski definition) is 5. The predicted octanol–water partition coefficient (Wildman–Crippen LogP) is 4.89. The fourth-order valence-corrected chi connectivity index (χ4v) is 4.78. The first kappa shape index (κ1) is 21.0. The minimum absolute atomic E-state index is 0.0931. The number of hydrogen-bond donors (Lipinski definition) is 1. The second kappa shape index (κ2) is 9.30. The average Bonchev–Trinajstić information content (AvgIpc) is 3.57. The zero-order valence-corrected chi connectivity index (χ0v) is 18.9. The molecule has 166 valence electrons. The summed E-state index contributed by atoms with van der Waals surface area (Å²) in [4.78, 5) is 6.79. The zero-order valence-electron chi connectivity index (χ0n) is 18.1. The van der Waals surface area contributed by atoms with E-state index in [-0.39, 0.29) is 18.2 Å². The molecule has 3 atom stereocenters. The normalized spacial score (nSPS) is 22.8. The van der Waals surface area contributed by atoms with Gasteiger partial charge in [-0.1, -0.05) is 6.07 Å². The van der Waals surface area contributed by atoms with Gasteiger partial charge in [-0.15, -0.1) is 0 Å². The van der Waals surface area contributed by atoms with Crippen molar-refractivity contribution in [1.82, 2.24) is 15.2 Å². The molecule has 2 fully saturated rings. The summed E-state index contributed by atoms with van der Waals surface area (Å²) in [5.74, 6) is 2.53. The standard InChI is InChI=1S/C25H27N3O3S/c1-2-29-18-10-8-17(9-11-18)21-12-13-22(31-21)24-23(20-7-3-4-14-26-20)27-25(32)28(24)16-19-6-5-15-30-19/h3-4,7-14,19,23-24H,2,5-6,15-16H2,1H3,(H,27,32). The maximum absolute atomic E-state index is 6.40. The van der Waals surface area contributed by atoms with Crippen molar-refractivity contribution in [3.05, 3.63) is 72.2 Å². The monoisotopic (exact) mass is 449 g/mol. The van der Waals surface area contributed by atoms with Gasteiger partial charge in [-0.05, 0) is 80.5 Å². The highest BCUT2D eigenvalue weighted by molar-refractivity contribution is 7.80. The van der Waals surface area contributed by atoms with Gasteiger partial charge in [-0.2, -0.15) is 0 Å². The van der Waals surface area contributed by atoms with Gasteiger partial charge in [0.1, 0.15) is 23.3 Å². The molecule has 4 heterocycles. The lowest BCUT2D eigenvalue weighted by Crippen LogP contribution is -2.36. The van der Waals surface area contributed by atoms with E-state index in [0.29, 0.717) is 11.7 Å². The lowest BCUT2D eigenvalue weighted by Gasteiger charge is -2.28. The van der Waals surface area contributed by atoms with E-state index in [2.05, 4.69) is 15.2 Å². The highest BCUT2D eigenvalue weighted by Crippen LogP contribution is 2.41. The minimum Gasteiger partial charge on any atom is -0.494 e. The van der Waals surface area contributed by atoms with Crippen molar-refractivity contribution in [2.45, 2.75) is 38.0 Å². The Bertz CT molecular complexity index is 1050. The van der Waals surface area contributed by atoms with Gasteiger partial charge in [0.05, 0.1) is 24.4 Å². The van der Waals surface area contributed by atoms with E-state index in [4.69, 9.17) is 26.1 Å². The number of pyridine rings is 1. The minimum atomic E-state index is -0.0990. The van der Waals surface area contributed by atoms with Gasteiger partial charge in [0.25, 0.3) is 0 Å². The van der Waals surface area contributed by atoms with Crippen LogP contribution in [0.3, 0.4) is 0 Å². The van der Waals surface area contributed by atoms with Crippen LogP contribution < -0.4 is 10.1 Å². The van der Waals surface area contributed by atoms with Crippen LogP contribution in [-0.2, 0) is 4.74 Å². The van der Waals surface area contributed by atoms with Crippen molar-refractivity contribution in [3.63, 3.8) is 0 Å². The van der Waals surface area contributed by atoms with Crippen molar-refractivity contribution in [3.8, 4) is 17.1 Å². The first-order chi connectivity index (χ1) is 15.7. The van der Waals surface area contributed by atoms with Crippen LogP contribution in [0.2, 0.25) is 0 Å². The molecule has 32 heavy (non-hydrogen) atoms. The number of nitrogens with one attached hydrogen (secondary N) is 1. The van der Waals surface area contributed by atoms with Crippen LogP contribution in [0.5, 0.6) is 5.75 Å². The molecule has 1 aromatic carbocycles. The van der Waals surface area contributed by atoms with Gasteiger partial charge >= 0.3 is 0 Å². The molecule has 0 spiro atoms. The molecular formula is C25H27N3O3S. The van der Waals surface area contributed by atoms with E-state index < -0.39 is 0 Å². The molecule has 6 nitrogen and oxygen atoms in total. The van der Waals surface area contributed by atoms with Gasteiger partial charge in [-0.3, -0.25) is 4.98 Å². The summed E-state index contributed by atoms with van der Waals surface area (Å²) in [5, 5.41) is 4.18. The molecule has 2 aliphatic rings. The van der Waals surface area contributed by atoms with E-state index in [0.717, 1.165) is 54.5 Å². The van der Waals surface area contributed by atoms with Gasteiger partial charge in [0.2, 0.25) is 0 Å². The average molecular weight is 450 g/mol. The Hall–Kier alpha value is -2.90. The third kappa shape index (κ3) is 4.23. The van der Waals surface area contributed by atoms with Crippen LogP contribution in [0.1, 0.15) is 43.3 Å². The number of furan rings is 1. The van der Waals surface area contributed by atoms with E-state index in [1.54, 1.807) is 0 Å². The summed E-state index contributed by atoms with van der Waals surface area (Å²) in [5.41, 5.74) is 1.95. The highest BCUT2D eigenvalue weighted by atomic mass is 32.1. The maximum Gasteiger partial charge on any atom is 0.170 e. The molecule has 0 aliphatic carbocycles. The summed E-state index contributed by atoms with van der Waals surface area (Å²) >= 11 is 5.74. The fraction of sp³-hybridized carbons (Fsp3) is 0.360. The highest BCUT2D eigenvalue weighted by Gasteiger charge is 2.42. The smallest absolute Gasteiger partial charge is 0.170 e. The van der Waals surface area contributed by atoms with E-state index in [1.807, 2.05) is 67.7 Å². The van der Waals surface area contributed by atoms with E-state index in [9.17, 15) is 0 Å². The topological polar surface area (TPSA) is 59.8 Å². The third-order valence-corrected chi connectivity index (χ3v) is 6.34. The summed E-state index contributed by atoms with van der Waals surface area (Å²) in [6.45, 7) is 4.18. The fourth-order valence-electron chi connectivity index (χ4n) is 4.47. The molecule has 2 saturated heterocycles. The number of thiocarbonyl (C=S) groups is 1. The van der Waals surface area contributed by atoms with E-state index in [1.165, 1.54) is 0 Å². The summed E-state index contributed by atoms with van der Waals surface area (Å²) in [6, 6.07) is 17.8. The van der Waals surface area contributed by atoms with Gasteiger partial charge in [0, 0.05) is 24.9 Å². The molecule has 1 N–H and O–H groups in total. The second-order valence-electron chi connectivity index (χ2n) is 8.07. The summed E-state index contributed by atoms with van der Waals surface area (Å²) < 4.78 is 17.9. The molecule has 0 bridgehead atoms.